The van der Waals surface area contributed by atoms with Gasteiger partial charge in [0, 0.05) is 0 Å². The van der Waals surface area contributed by atoms with Crippen LogP contribution in [0.5, 0.6) is 0 Å². The fraction of sp³-hybridized carbons (Fsp3) is 0.833. The Kier molecular flexibility index (Phi) is 1.42. The number of allylic oxidation sites excluding steroid dienone is 2. The highest BCUT2D eigenvalue weighted by Gasteiger charge is 2.42. The standard InChI is InChI=1S/C12H18/c1-2-8-12(7-1)9-3-4-11(12)10-5-6-10/h1-9H2. The molecule has 0 atom stereocenters. The molecule has 0 N–H and O–H groups in total. The van der Waals surface area contributed by atoms with Gasteiger partial charge in [-0.2, -0.15) is 0 Å². The highest BCUT2D eigenvalue weighted by Crippen LogP contribution is 2.57. The minimum atomic E-state index is 0.770. The number of hydrogen-bond donors (Lipinski definition) is 0. The zero-order chi connectivity index (χ0) is 8.02. The van der Waals surface area contributed by atoms with Crippen molar-refractivity contribution in [1.29, 1.82) is 0 Å². The van der Waals surface area contributed by atoms with Crippen molar-refractivity contribution in [3.05, 3.63) is 11.1 Å². The summed E-state index contributed by atoms with van der Waals surface area (Å²) in [5.41, 5.74) is 4.58. The summed E-state index contributed by atoms with van der Waals surface area (Å²) in [7, 11) is 0. The topological polar surface area (TPSA) is 0 Å². The molecule has 0 heterocycles. The van der Waals surface area contributed by atoms with E-state index in [4.69, 9.17) is 0 Å². The van der Waals surface area contributed by atoms with Gasteiger partial charge in [0.15, 0.2) is 0 Å². The first kappa shape index (κ1) is 7.17. The first-order valence-corrected chi connectivity index (χ1v) is 5.62. The average molecular weight is 162 g/mol. The Morgan fingerprint density at radius 2 is 1.42 bits per heavy atom. The molecule has 0 aromatic heterocycles. The van der Waals surface area contributed by atoms with Gasteiger partial charge in [0.25, 0.3) is 0 Å². The van der Waals surface area contributed by atoms with Crippen LogP contribution in [0.15, 0.2) is 11.1 Å². The quantitative estimate of drug-likeness (QED) is 0.475. The van der Waals surface area contributed by atoms with Crippen molar-refractivity contribution in [3.63, 3.8) is 0 Å². The van der Waals surface area contributed by atoms with Crippen molar-refractivity contribution in [1.82, 2.24) is 0 Å². The molecule has 3 aliphatic carbocycles. The molecule has 0 aromatic carbocycles. The van der Waals surface area contributed by atoms with Gasteiger partial charge in [-0.3, -0.25) is 0 Å². The lowest BCUT2D eigenvalue weighted by atomic mass is 9.80. The zero-order valence-electron chi connectivity index (χ0n) is 7.86. The van der Waals surface area contributed by atoms with Crippen LogP contribution in [0.25, 0.3) is 0 Å². The summed E-state index contributed by atoms with van der Waals surface area (Å²) in [5, 5.41) is 0. The van der Waals surface area contributed by atoms with Crippen molar-refractivity contribution < 1.29 is 0 Å². The lowest BCUT2D eigenvalue weighted by Gasteiger charge is -2.25. The van der Waals surface area contributed by atoms with E-state index < -0.39 is 0 Å². The predicted molar refractivity (Wildman–Crippen MR) is 51.0 cm³/mol. The molecule has 0 amide bonds. The van der Waals surface area contributed by atoms with E-state index in [2.05, 4.69) is 0 Å². The first-order chi connectivity index (χ1) is 5.91. The maximum atomic E-state index is 1.94. The molecule has 3 saturated carbocycles. The molecular formula is C12H18. The molecule has 66 valence electrons. The van der Waals surface area contributed by atoms with Crippen molar-refractivity contribution in [3.8, 4) is 0 Å². The minimum absolute atomic E-state index is 0.770. The molecule has 0 nitrogen and oxygen atoms in total. The van der Waals surface area contributed by atoms with Gasteiger partial charge < -0.3 is 0 Å². The summed E-state index contributed by atoms with van der Waals surface area (Å²) in [5.74, 6) is 0. The molecule has 3 rings (SSSR count). The Balaban J connectivity index is 1.97. The maximum Gasteiger partial charge on any atom is -0.00853 e. The molecule has 0 heteroatoms. The van der Waals surface area contributed by atoms with Crippen molar-refractivity contribution in [2.75, 3.05) is 0 Å². The van der Waals surface area contributed by atoms with Crippen LogP contribution < -0.4 is 0 Å². The van der Waals surface area contributed by atoms with Gasteiger partial charge >= 0.3 is 0 Å². The van der Waals surface area contributed by atoms with Gasteiger partial charge in [-0.15, -0.1) is 0 Å². The third-order valence-electron chi connectivity index (χ3n) is 4.21. The third kappa shape index (κ3) is 0.901. The van der Waals surface area contributed by atoms with E-state index in [0.29, 0.717) is 0 Å². The van der Waals surface area contributed by atoms with E-state index in [1.165, 1.54) is 57.8 Å². The van der Waals surface area contributed by atoms with E-state index in [0.717, 1.165) is 5.41 Å². The summed E-state index contributed by atoms with van der Waals surface area (Å²) in [6.07, 6.45) is 13.5. The number of rotatable bonds is 0. The van der Waals surface area contributed by atoms with Crippen LogP contribution in [0.3, 0.4) is 0 Å². The van der Waals surface area contributed by atoms with Crippen LogP contribution in [0.4, 0.5) is 0 Å². The monoisotopic (exact) mass is 162 g/mol. The van der Waals surface area contributed by atoms with Gasteiger partial charge in [0.05, 0.1) is 0 Å². The summed E-state index contributed by atoms with van der Waals surface area (Å²) in [6.45, 7) is 0. The van der Waals surface area contributed by atoms with Crippen molar-refractivity contribution >= 4 is 0 Å². The minimum Gasteiger partial charge on any atom is -0.0698 e. The van der Waals surface area contributed by atoms with E-state index >= 15 is 0 Å². The fourth-order valence-electron chi connectivity index (χ4n) is 3.54. The van der Waals surface area contributed by atoms with Gasteiger partial charge in [0.2, 0.25) is 0 Å². The van der Waals surface area contributed by atoms with Gasteiger partial charge in [-0.1, -0.05) is 24.0 Å². The van der Waals surface area contributed by atoms with E-state index in [1.807, 2.05) is 11.1 Å². The lowest BCUT2D eigenvalue weighted by molar-refractivity contribution is 0.379. The molecule has 0 unspecified atom stereocenters. The Morgan fingerprint density at radius 1 is 0.750 bits per heavy atom. The predicted octanol–water partition coefficient (Wildman–Crippen LogP) is 3.82. The van der Waals surface area contributed by atoms with Crippen LogP contribution in [-0.2, 0) is 0 Å². The molecule has 3 aliphatic rings. The van der Waals surface area contributed by atoms with Crippen molar-refractivity contribution in [2.45, 2.75) is 57.8 Å². The SMILES string of the molecule is C1CCC2(C1)CCCC2=C1CC1. The summed E-state index contributed by atoms with van der Waals surface area (Å²) in [6, 6.07) is 0. The second-order valence-electron chi connectivity index (χ2n) is 4.92. The van der Waals surface area contributed by atoms with E-state index in [9.17, 15) is 0 Å². The molecular weight excluding hydrogens is 144 g/mol. The summed E-state index contributed by atoms with van der Waals surface area (Å²) >= 11 is 0. The largest absolute Gasteiger partial charge is 0.0698 e. The Labute approximate surface area is 75.0 Å². The molecule has 12 heavy (non-hydrogen) atoms. The zero-order valence-corrected chi connectivity index (χ0v) is 7.86. The Bertz CT molecular complexity index is 217. The normalized spacial score (nSPS) is 32.0. The van der Waals surface area contributed by atoms with Crippen LogP contribution >= 0.6 is 0 Å². The highest BCUT2D eigenvalue weighted by molar-refractivity contribution is 5.33. The van der Waals surface area contributed by atoms with Crippen molar-refractivity contribution in [2.24, 2.45) is 5.41 Å². The fourth-order valence-corrected chi connectivity index (χ4v) is 3.54. The van der Waals surface area contributed by atoms with Gasteiger partial charge in [0.1, 0.15) is 0 Å². The van der Waals surface area contributed by atoms with Crippen LogP contribution in [-0.4, -0.2) is 0 Å². The van der Waals surface area contributed by atoms with Crippen LogP contribution in [0.1, 0.15) is 57.8 Å². The molecule has 3 fully saturated rings. The van der Waals surface area contributed by atoms with Crippen LogP contribution in [0, 0.1) is 5.41 Å². The highest BCUT2D eigenvalue weighted by atomic mass is 14.5. The molecule has 0 aromatic rings. The molecule has 1 spiro atoms. The average Bonchev–Trinajstić information content (AvgIpc) is 2.69. The first-order valence-electron chi connectivity index (χ1n) is 5.62. The molecule has 0 saturated heterocycles. The smallest absolute Gasteiger partial charge is 0.00853 e. The van der Waals surface area contributed by atoms with E-state index in [1.54, 1.807) is 0 Å². The second kappa shape index (κ2) is 2.37. The van der Waals surface area contributed by atoms with Crippen LogP contribution in [0.2, 0.25) is 0 Å². The number of hydrogen-bond acceptors (Lipinski definition) is 0. The Morgan fingerprint density at radius 3 is 2.08 bits per heavy atom. The van der Waals surface area contributed by atoms with E-state index in [-0.39, 0.29) is 0 Å². The maximum absolute atomic E-state index is 1.94. The van der Waals surface area contributed by atoms with Gasteiger partial charge in [-0.05, 0) is 50.4 Å². The molecule has 0 bridgehead atoms. The van der Waals surface area contributed by atoms with Gasteiger partial charge in [-0.25, -0.2) is 0 Å². The molecule has 0 aliphatic heterocycles. The summed E-state index contributed by atoms with van der Waals surface area (Å²) in [4.78, 5) is 0. The summed E-state index contributed by atoms with van der Waals surface area (Å²) < 4.78 is 0. The molecule has 0 radical (unpaired) electrons. The second-order valence-corrected chi connectivity index (χ2v) is 4.92. The third-order valence-corrected chi connectivity index (χ3v) is 4.21. The Hall–Kier alpha value is -0.260. The lowest BCUT2D eigenvalue weighted by Crippen LogP contribution is -2.12.